The van der Waals surface area contributed by atoms with Crippen LogP contribution in [0.5, 0.6) is 0 Å². The highest BCUT2D eigenvalue weighted by atomic mass is 35.5. The summed E-state index contributed by atoms with van der Waals surface area (Å²) in [4.78, 5) is 31.3. The Morgan fingerprint density at radius 3 is 2.42 bits per heavy atom. The molecule has 1 aliphatic heterocycles. The van der Waals surface area contributed by atoms with Crippen molar-refractivity contribution in [2.75, 3.05) is 4.90 Å². The number of rotatable bonds is 3. The second kappa shape index (κ2) is 8.09. The molecule has 1 aliphatic rings. The molecule has 0 radical (unpaired) electrons. The molecule has 0 bridgehead atoms. The van der Waals surface area contributed by atoms with E-state index in [0.29, 0.717) is 10.7 Å². The first-order chi connectivity index (χ1) is 14.8. The van der Waals surface area contributed by atoms with Gasteiger partial charge in [0.05, 0.1) is 5.69 Å². The molecular weight excluding hydrogens is 432 g/mol. The van der Waals surface area contributed by atoms with Crippen molar-refractivity contribution in [1.82, 2.24) is 14.9 Å². The molecule has 1 aromatic carbocycles. The van der Waals surface area contributed by atoms with Crippen molar-refractivity contribution in [3.05, 3.63) is 81.9 Å². The number of nitrogens with one attached hydrogen (secondary N) is 1. The van der Waals surface area contributed by atoms with Crippen molar-refractivity contribution in [3.8, 4) is 5.69 Å². The third-order valence-corrected chi connectivity index (χ3v) is 5.90. The number of nitrogens with zero attached hydrogens (tertiary/aromatic N) is 3. The molecule has 3 aromatic rings. The highest BCUT2D eigenvalue weighted by Crippen LogP contribution is 2.28. The van der Waals surface area contributed by atoms with Crippen LogP contribution in [0.15, 0.2) is 54.4 Å². The summed E-state index contributed by atoms with van der Waals surface area (Å²) in [5.74, 6) is -1.03. The van der Waals surface area contributed by atoms with E-state index in [2.05, 4.69) is 10.3 Å². The van der Waals surface area contributed by atoms with Crippen LogP contribution in [-0.2, 0) is 9.59 Å². The summed E-state index contributed by atoms with van der Waals surface area (Å²) in [5, 5.41) is 3.14. The lowest BCUT2D eigenvalue weighted by Gasteiger charge is -2.29. The number of benzene rings is 1. The Bertz CT molecular complexity index is 1260. The van der Waals surface area contributed by atoms with E-state index in [9.17, 15) is 9.59 Å². The SMILES string of the molecule is Cc1ccc(N2C(=O)/C(=C/c3cc(C)n(-c4ccncc4)c3C)C(=O)NC2=S)cc1Cl. The van der Waals surface area contributed by atoms with E-state index in [1.807, 2.05) is 43.5 Å². The lowest BCUT2D eigenvalue weighted by Crippen LogP contribution is -2.54. The molecule has 2 aromatic heterocycles. The first-order valence-electron chi connectivity index (χ1n) is 9.55. The van der Waals surface area contributed by atoms with Crippen LogP contribution in [0.25, 0.3) is 11.8 Å². The van der Waals surface area contributed by atoms with E-state index in [0.717, 1.165) is 28.2 Å². The largest absolute Gasteiger partial charge is 0.318 e. The van der Waals surface area contributed by atoms with Crippen molar-refractivity contribution in [3.63, 3.8) is 0 Å². The Hall–Kier alpha value is -3.29. The van der Waals surface area contributed by atoms with Crippen LogP contribution in [0.2, 0.25) is 5.02 Å². The number of pyridine rings is 1. The molecule has 3 heterocycles. The number of thiocarbonyl (C=S) groups is 1. The Labute approximate surface area is 190 Å². The van der Waals surface area contributed by atoms with Crippen LogP contribution in [0.1, 0.15) is 22.5 Å². The van der Waals surface area contributed by atoms with Gasteiger partial charge < -0.3 is 4.57 Å². The van der Waals surface area contributed by atoms with E-state index >= 15 is 0 Å². The minimum Gasteiger partial charge on any atom is -0.318 e. The molecular formula is C23H19ClN4O2S. The maximum Gasteiger partial charge on any atom is 0.270 e. The van der Waals surface area contributed by atoms with Gasteiger partial charge in [0.1, 0.15) is 5.57 Å². The summed E-state index contributed by atoms with van der Waals surface area (Å²) >= 11 is 11.5. The van der Waals surface area contributed by atoms with E-state index < -0.39 is 11.8 Å². The Morgan fingerprint density at radius 2 is 1.74 bits per heavy atom. The van der Waals surface area contributed by atoms with Crippen LogP contribution in [0.4, 0.5) is 5.69 Å². The molecule has 1 fully saturated rings. The minimum atomic E-state index is -0.529. The summed E-state index contributed by atoms with van der Waals surface area (Å²) in [7, 11) is 0. The van der Waals surface area contributed by atoms with Crippen molar-refractivity contribution in [2.24, 2.45) is 0 Å². The molecule has 1 saturated heterocycles. The number of carbonyl (C=O) groups excluding carboxylic acids is 2. The molecule has 31 heavy (non-hydrogen) atoms. The Kier molecular flexibility index (Phi) is 5.47. The van der Waals surface area contributed by atoms with Gasteiger partial charge in [-0.2, -0.15) is 0 Å². The first-order valence-corrected chi connectivity index (χ1v) is 10.3. The van der Waals surface area contributed by atoms with Gasteiger partial charge in [-0.25, -0.2) is 0 Å². The number of carbonyl (C=O) groups is 2. The summed E-state index contributed by atoms with van der Waals surface area (Å²) in [6, 6.07) is 10.9. The zero-order valence-electron chi connectivity index (χ0n) is 17.1. The smallest absolute Gasteiger partial charge is 0.270 e. The van der Waals surface area contributed by atoms with Crippen LogP contribution in [0, 0.1) is 20.8 Å². The van der Waals surface area contributed by atoms with Crippen molar-refractivity contribution < 1.29 is 9.59 Å². The average molecular weight is 451 g/mol. The quantitative estimate of drug-likeness (QED) is 0.367. The summed E-state index contributed by atoms with van der Waals surface area (Å²) in [5.41, 5.74) is 4.96. The third-order valence-electron chi connectivity index (χ3n) is 5.21. The molecule has 8 heteroatoms. The first kappa shape index (κ1) is 21.0. The van der Waals surface area contributed by atoms with Gasteiger partial charge in [0.25, 0.3) is 11.8 Å². The number of hydrogen-bond acceptors (Lipinski definition) is 4. The van der Waals surface area contributed by atoms with Crippen LogP contribution in [-0.4, -0.2) is 26.5 Å². The van der Waals surface area contributed by atoms with Crippen molar-refractivity contribution in [2.45, 2.75) is 20.8 Å². The summed E-state index contributed by atoms with van der Waals surface area (Å²) in [6.07, 6.45) is 5.04. The van der Waals surface area contributed by atoms with E-state index in [-0.39, 0.29) is 10.7 Å². The Morgan fingerprint density at radius 1 is 1.03 bits per heavy atom. The predicted octanol–water partition coefficient (Wildman–Crippen LogP) is 4.28. The zero-order chi connectivity index (χ0) is 22.3. The molecule has 156 valence electrons. The van der Waals surface area contributed by atoms with Crippen LogP contribution < -0.4 is 10.2 Å². The maximum atomic E-state index is 13.3. The second-order valence-corrected chi connectivity index (χ2v) is 8.05. The molecule has 6 nitrogen and oxygen atoms in total. The molecule has 4 rings (SSSR count). The van der Waals surface area contributed by atoms with Gasteiger partial charge in [-0.15, -0.1) is 0 Å². The standard InChI is InChI=1S/C23H19ClN4O2S/c1-13-4-5-18(12-20(13)24)28-22(30)19(21(29)26-23(28)31)11-16-10-14(2)27(15(16)3)17-6-8-25-9-7-17/h4-12H,1-3H3,(H,26,29,31)/b19-11+. The van der Waals surface area contributed by atoms with Crippen LogP contribution in [0.3, 0.4) is 0 Å². The molecule has 0 spiro atoms. The number of aromatic nitrogens is 2. The van der Waals surface area contributed by atoms with Gasteiger partial charge in [-0.1, -0.05) is 17.7 Å². The normalized spacial score (nSPS) is 15.5. The fourth-order valence-electron chi connectivity index (χ4n) is 3.59. The molecule has 0 aliphatic carbocycles. The minimum absolute atomic E-state index is 0.000255. The number of amides is 2. The van der Waals surface area contributed by atoms with Gasteiger partial charge >= 0.3 is 0 Å². The van der Waals surface area contributed by atoms with E-state index in [4.69, 9.17) is 23.8 Å². The van der Waals surface area contributed by atoms with Crippen LogP contribution >= 0.6 is 23.8 Å². The van der Waals surface area contributed by atoms with Crippen molar-refractivity contribution in [1.29, 1.82) is 0 Å². The predicted molar refractivity (Wildman–Crippen MR) is 125 cm³/mol. The summed E-state index contributed by atoms with van der Waals surface area (Å²) in [6.45, 7) is 5.77. The van der Waals surface area contributed by atoms with Gasteiger partial charge in [-0.05, 0) is 80.5 Å². The molecule has 0 unspecified atom stereocenters. The summed E-state index contributed by atoms with van der Waals surface area (Å²) < 4.78 is 2.04. The zero-order valence-corrected chi connectivity index (χ0v) is 18.7. The van der Waals surface area contributed by atoms with E-state index in [1.165, 1.54) is 4.90 Å². The topological polar surface area (TPSA) is 67.2 Å². The number of hydrogen-bond donors (Lipinski definition) is 1. The fraction of sp³-hybridized carbons (Fsp3) is 0.130. The van der Waals surface area contributed by atoms with Gasteiger partial charge in [-0.3, -0.25) is 24.8 Å². The molecule has 2 amide bonds. The average Bonchev–Trinajstić information content (AvgIpc) is 3.01. The highest BCUT2D eigenvalue weighted by molar-refractivity contribution is 7.80. The van der Waals surface area contributed by atoms with E-state index in [1.54, 1.807) is 36.7 Å². The molecule has 1 N–H and O–H groups in total. The monoisotopic (exact) mass is 450 g/mol. The molecule has 0 saturated carbocycles. The number of halogens is 1. The lowest BCUT2D eigenvalue weighted by atomic mass is 10.1. The maximum absolute atomic E-state index is 13.3. The van der Waals surface area contributed by atoms with Gasteiger partial charge in [0.2, 0.25) is 0 Å². The van der Waals surface area contributed by atoms with Crippen molar-refractivity contribution >= 4 is 52.5 Å². The van der Waals surface area contributed by atoms with Gasteiger partial charge in [0.15, 0.2) is 5.11 Å². The third kappa shape index (κ3) is 3.78. The highest BCUT2D eigenvalue weighted by Gasteiger charge is 2.35. The second-order valence-electron chi connectivity index (χ2n) is 7.26. The Balaban J connectivity index is 1.77. The molecule has 0 atom stereocenters. The number of anilines is 1. The lowest BCUT2D eigenvalue weighted by molar-refractivity contribution is -0.122. The number of aryl methyl sites for hydroxylation is 2. The fourth-order valence-corrected chi connectivity index (χ4v) is 4.05. The van der Waals surface area contributed by atoms with Gasteiger partial charge in [0, 0.05) is 34.5 Å².